The molecule has 2 atom stereocenters. The monoisotopic (exact) mass is 297 g/mol. The highest BCUT2D eigenvalue weighted by Gasteiger charge is 2.44. The van der Waals surface area contributed by atoms with Crippen LogP contribution in [0.3, 0.4) is 0 Å². The highest BCUT2D eigenvalue weighted by molar-refractivity contribution is 5.85. The summed E-state index contributed by atoms with van der Waals surface area (Å²) in [7, 11) is 0. The largest absolute Gasteiger partial charge is 0.373 e. The Hall–Kier alpha value is -0.650. The standard InChI is InChI=1S/C16H31N3O2/c1-12(2)18-16(14(17)20)7-5-6-13(10-16)19-8-9-21-15(3,4)11-19/h12-13,18H,5-11H2,1-4H3,(H2,17,20). The second-order valence-electron chi connectivity index (χ2n) is 7.57. The van der Waals surface area contributed by atoms with E-state index in [0.717, 1.165) is 45.4 Å². The van der Waals surface area contributed by atoms with Gasteiger partial charge in [-0.2, -0.15) is 0 Å². The van der Waals surface area contributed by atoms with E-state index in [1.54, 1.807) is 0 Å². The van der Waals surface area contributed by atoms with E-state index in [1.807, 2.05) is 0 Å². The fourth-order valence-electron chi connectivity index (χ4n) is 3.90. The minimum Gasteiger partial charge on any atom is -0.373 e. The predicted octanol–water partition coefficient (Wildman–Crippen LogP) is 1.26. The van der Waals surface area contributed by atoms with Crippen LogP contribution >= 0.6 is 0 Å². The molecule has 2 fully saturated rings. The summed E-state index contributed by atoms with van der Waals surface area (Å²) < 4.78 is 5.80. The first-order valence-electron chi connectivity index (χ1n) is 8.20. The van der Waals surface area contributed by atoms with Gasteiger partial charge >= 0.3 is 0 Å². The van der Waals surface area contributed by atoms with Crippen LogP contribution in [0.15, 0.2) is 0 Å². The quantitative estimate of drug-likeness (QED) is 0.820. The SMILES string of the molecule is CC(C)NC1(C(N)=O)CCCC(N2CCOC(C)(C)C2)C1. The third-order valence-corrected chi connectivity index (χ3v) is 4.73. The third-order valence-electron chi connectivity index (χ3n) is 4.73. The van der Waals surface area contributed by atoms with E-state index in [9.17, 15) is 4.79 Å². The van der Waals surface area contributed by atoms with Crippen molar-refractivity contribution in [1.29, 1.82) is 0 Å². The molecule has 1 amide bonds. The average molecular weight is 297 g/mol. The van der Waals surface area contributed by atoms with Gasteiger partial charge < -0.3 is 15.8 Å². The molecule has 5 heteroatoms. The number of nitrogens with one attached hydrogen (secondary N) is 1. The van der Waals surface area contributed by atoms with Crippen LogP contribution in [0, 0.1) is 0 Å². The van der Waals surface area contributed by atoms with Gasteiger partial charge in [0.2, 0.25) is 5.91 Å². The van der Waals surface area contributed by atoms with Gasteiger partial charge in [-0.3, -0.25) is 9.69 Å². The second-order valence-corrected chi connectivity index (χ2v) is 7.57. The zero-order chi connectivity index (χ0) is 15.7. The maximum absolute atomic E-state index is 12.1. The van der Waals surface area contributed by atoms with E-state index >= 15 is 0 Å². The summed E-state index contributed by atoms with van der Waals surface area (Å²) in [6.45, 7) is 11.1. The molecule has 1 heterocycles. The number of morpholine rings is 1. The van der Waals surface area contributed by atoms with Crippen LogP contribution in [0.1, 0.15) is 53.4 Å². The van der Waals surface area contributed by atoms with Crippen molar-refractivity contribution in [1.82, 2.24) is 10.2 Å². The van der Waals surface area contributed by atoms with Gasteiger partial charge in [-0.25, -0.2) is 0 Å². The fraction of sp³-hybridized carbons (Fsp3) is 0.938. The van der Waals surface area contributed by atoms with Gasteiger partial charge in [0.15, 0.2) is 0 Å². The van der Waals surface area contributed by atoms with E-state index in [2.05, 4.69) is 37.9 Å². The lowest BCUT2D eigenvalue weighted by Crippen LogP contribution is -2.63. The number of ether oxygens (including phenoxy) is 1. The maximum Gasteiger partial charge on any atom is 0.237 e. The van der Waals surface area contributed by atoms with Gasteiger partial charge in [-0.15, -0.1) is 0 Å². The molecular weight excluding hydrogens is 266 g/mol. The fourth-order valence-corrected chi connectivity index (χ4v) is 3.90. The summed E-state index contributed by atoms with van der Waals surface area (Å²) in [5, 5.41) is 3.45. The lowest BCUT2D eigenvalue weighted by molar-refractivity contribution is -0.130. The van der Waals surface area contributed by atoms with Crippen molar-refractivity contribution in [3.63, 3.8) is 0 Å². The summed E-state index contributed by atoms with van der Waals surface area (Å²) in [5.41, 5.74) is 5.11. The van der Waals surface area contributed by atoms with E-state index in [1.165, 1.54) is 0 Å². The van der Waals surface area contributed by atoms with Crippen molar-refractivity contribution in [3.05, 3.63) is 0 Å². The zero-order valence-corrected chi connectivity index (χ0v) is 13.9. The van der Waals surface area contributed by atoms with Crippen molar-refractivity contribution in [2.24, 2.45) is 5.73 Å². The van der Waals surface area contributed by atoms with Crippen LogP contribution in [-0.2, 0) is 9.53 Å². The number of carbonyl (C=O) groups is 1. The molecule has 0 bridgehead atoms. The number of amides is 1. The van der Waals surface area contributed by atoms with Crippen molar-refractivity contribution >= 4 is 5.91 Å². The second kappa shape index (κ2) is 6.23. The summed E-state index contributed by atoms with van der Waals surface area (Å²) >= 11 is 0. The van der Waals surface area contributed by atoms with E-state index < -0.39 is 5.54 Å². The lowest BCUT2D eigenvalue weighted by Gasteiger charge is -2.48. The minimum atomic E-state index is -0.542. The Balaban J connectivity index is 2.10. The van der Waals surface area contributed by atoms with Gasteiger partial charge in [-0.1, -0.05) is 0 Å². The third kappa shape index (κ3) is 3.96. The van der Waals surface area contributed by atoms with Crippen molar-refractivity contribution in [2.45, 2.75) is 76.6 Å². The molecule has 1 aliphatic carbocycles. The summed E-state index contributed by atoms with van der Waals surface area (Å²) in [6.07, 6.45) is 3.86. The number of carbonyl (C=O) groups excluding carboxylic acids is 1. The molecule has 3 N–H and O–H groups in total. The number of hydrogen-bond donors (Lipinski definition) is 2. The molecule has 0 aromatic rings. The smallest absolute Gasteiger partial charge is 0.237 e. The summed E-state index contributed by atoms with van der Waals surface area (Å²) in [4.78, 5) is 14.6. The summed E-state index contributed by atoms with van der Waals surface area (Å²) in [6, 6.07) is 0.679. The summed E-state index contributed by atoms with van der Waals surface area (Å²) in [5.74, 6) is -0.201. The number of rotatable bonds is 4. The van der Waals surface area contributed by atoms with Crippen LogP contribution in [0.25, 0.3) is 0 Å². The predicted molar refractivity (Wildman–Crippen MR) is 84.1 cm³/mol. The van der Waals surface area contributed by atoms with Crippen LogP contribution < -0.4 is 11.1 Å². The molecule has 1 saturated carbocycles. The highest BCUT2D eigenvalue weighted by Crippen LogP contribution is 2.33. The Morgan fingerprint density at radius 2 is 2.14 bits per heavy atom. The number of nitrogens with two attached hydrogens (primary N) is 1. The Kier molecular flexibility index (Phi) is 4.96. The molecule has 2 aliphatic rings. The van der Waals surface area contributed by atoms with Crippen LogP contribution in [0.4, 0.5) is 0 Å². The molecule has 1 aliphatic heterocycles. The average Bonchev–Trinajstić information content (AvgIpc) is 2.36. The van der Waals surface area contributed by atoms with E-state index in [-0.39, 0.29) is 17.6 Å². The normalized spacial score (nSPS) is 34.0. The highest BCUT2D eigenvalue weighted by atomic mass is 16.5. The first-order valence-corrected chi connectivity index (χ1v) is 8.20. The lowest BCUT2D eigenvalue weighted by atomic mass is 9.77. The van der Waals surface area contributed by atoms with Gasteiger partial charge in [0.1, 0.15) is 0 Å². The van der Waals surface area contributed by atoms with Crippen molar-refractivity contribution < 1.29 is 9.53 Å². The van der Waals surface area contributed by atoms with Crippen LogP contribution in [0.2, 0.25) is 0 Å². The molecule has 0 aromatic carbocycles. The Bertz CT molecular complexity index is 384. The van der Waals surface area contributed by atoms with Crippen molar-refractivity contribution in [2.75, 3.05) is 19.7 Å². The molecule has 0 radical (unpaired) electrons. The first kappa shape index (κ1) is 16.7. The Labute approximate surface area is 128 Å². The molecule has 0 spiro atoms. The molecule has 2 unspecified atom stereocenters. The molecule has 0 aromatic heterocycles. The molecule has 2 rings (SSSR count). The zero-order valence-electron chi connectivity index (χ0n) is 13.9. The maximum atomic E-state index is 12.1. The van der Waals surface area contributed by atoms with Gasteiger partial charge in [-0.05, 0) is 53.4 Å². The molecular formula is C16H31N3O2. The molecule has 122 valence electrons. The molecule has 5 nitrogen and oxygen atoms in total. The van der Waals surface area contributed by atoms with Crippen LogP contribution in [-0.4, -0.2) is 53.7 Å². The van der Waals surface area contributed by atoms with Crippen LogP contribution in [0.5, 0.6) is 0 Å². The van der Waals surface area contributed by atoms with Gasteiger partial charge in [0.05, 0.1) is 17.7 Å². The number of nitrogens with zero attached hydrogens (tertiary/aromatic N) is 1. The minimum absolute atomic E-state index is 0.101. The van der Waals surface area contributed by atoms with Crippen molar-refractivity contribution in [3.8, 4) is 0 Å². The Morgan fingerprint density at radius 1 is 1.43 bits per heavy atom. The van der Waals surface area contributed by atoms with Gasteiger partial charge in [0.25, 0.3) is 0 Å². The number of primary amides is 1. The number of hydrogen-bond acceptors (Lipinski definition) is 4. The van der Waals surface area contributed by atoms with E-state index in [0.29, 0.717) is 6.04 Å². The first-order chi connectivity index (χ1) is 9.74. The molecule has 1 saturated heterocycles. The van der Waals surface area contributed by atoms with Gasteiger partial charge in [0, 0.05) is 25.2 Å². The molecule has 21 heavy (non-hydrogen) atoms. The Morgan fingerprint density at radius 3 is 2.71 bits per heavy atom. The van der Waals surface area contributed by atoms with E-state index in [4.69, 9.17) is 10.5 Å². The topological polar surface area (TPSA) is 67.6 Å².